The summed E-state index contributed by atoms with van der Waals surface area (Å²) in [5.41, 5.74) is 6.22. The maximum absolute atomic E-state index is 12.4. The molecule has 2 rings (SSSR count). The normalized spacial score (nSPS) is 11.8. The van der Waals surface area contributed by atoms with E-state index in [9.17, 15) is 9.59 Å². The predicted octanol–water partition coefficient (Wildman–Crippen LogP) is 3.07. The van der Waals surface area contributed by atoms with Gasteiger partial charge in [0.25, 0.3) is 0 Å². The summed E-state index contributed by atoms with van der Waals surface area (Å²) in [6.07, 6.45) is -1.20. The lowest BCUT2D eigenvalue weighted by Crippen LogP contribution is -2.38. The highest BCUT2D eigenvalue weighted by Gasteiger charge is 2.25. The van der Waals surface area contributed by atoms with Gasteiger partial charge in [0.2, 0.25) is 5.88 Å². The molecular weight excluding hydrogens is 414 g/mol. The average molecular weight is 441 g/mol. The third kappa shape index (κ3) is 6.84. The Morgan fingerprint density at radius 1 is 1.28 bits per heavy atom. The van der Waals surface area contributed by atoms with E-state index in [1.54, 1.807) is 58.9 Å². The number of nitrogens with two attached hydrogens (primary N) is 1. The Kier molecular flexibility index (Phi) is 7.96. The number of carbonyl (C=O) groups is 2. The molecule has 0 spiro atoms. The first-order valence-electron chi connectivity index (χ1n) is 10.0. The number of nitriles is 1. The minimum atomic E-state index is -0.732. The van der Waals surface area contributed by atoms with E-state index >= 15 is 0 Å². The molecular formula is C22H27N5O5. The van der Waals surface area contributed by atoms with E-state index in [-0.39, 0.29) is 36.2 Å². The molecule has 1 aromatic heterocycles. The van der Waals surface area contributed by atoms with Crippen LogP contribution in [0.3, 0.4) is 0 Å². The van der Waals surface area contributed by atoms with E-state index in [2.05, 4.69) is 15.3 Å². The van der Waals surface area contributed by atoms with Crippen LogP contribution >= 0.6 is 0 Å². The van der Waals surface area contributed by atoms with Crippen molar-refractivity contribution in [3.05, 3.63) is 35.4 Å². The first-order chi connectivity index (χ1) is 15.0. The molecule has 0 aliphatic heterocycles. The number of ether oxygens (including phenoxy) is 3. The smallest absolute Gasteiger partial charge is 0.407 e. The van der Waals surface area contributed by atoms with Crippen LogP contribution in [0.5, 0.6) is 5.88 Å². The molecule has 10 heteroatoms. The van der Waals surface area contributed by atoms with Gasteiger partial charge in [-0.15, -0.1) is 0 Å². The van der Waals surface area contributed by atoms with Gasteiger partial charge in [-0.1, -0.05) is 12.1 Å². The summed E-state index contributed by atoms with van der Waals surface area (Å²) in [5.74, 6) is -0.774. The molecule has 1 aromatic carbocycles. The van der Waals surface area contributed by atoms with E-state index in [0.29, 0.717) is 11.1 Å². The Balaban J connectivity index is 2.33. The van der Waals surface area contributed by atoms with E-state index in [4.69, 9.17) is 25.2 Å². The van der Waals surface area contributed by atoms with Crippen LogP contribution in [-0.2, 0) is 9.47 Å². The second-order valence-corrected chi connectivity index (χ2v) is 7.84. The Bertz CT molecular complexity index is 1030. The monoisotopic (exact) mass is 441 g/mol. The van der Waals surface area contributed by atoms with Gasteiger partial charge in [-0.05, 0) is 46.8 Å². The molecule has 0 saturated carbocycles. The predicted molar refractivity (Wildman–Crippen MR) is 117 cm³/mol. The summed E-state index contributed by atoms with van der Waals surface area (Å²) in [7, 11) is 0. The van der Waals surface area contributed by atoms with Gasteiger partial charge in [0.15, 0.2) is 11.4 Å². The first kappa shape index (κ1) is 24.4. The van der Waals surface area contributed by atoms with Gasteiger partial charge in [0.1, 0.15) is 17.5 Å². The van der Waals surface area contributed by atoms with Crippen molar-refractivity contribution in [2.45, 2.75) is 46.3 Å². The number of nitrogen functional groups attached to an aromatic ring is 1. The number of carbonyl (C=O) groups excluding carboxylic acids is 2. The number of esters is 1. The van der Waals surface area contributed by atoms with Gasteiger partial charge in [-0.3, -0.25) is 0 Å². The highest BCUT2D eigenvalue weighted by Crippen LogP contribution is 2.28. The first-order valence-corrected chi connectivity index (χ1v) is 10.0. The zero-order valence-corrected chi connectivity index (χ0v) is 18.8. The van der Waals surface area contributed by atoms with Gasteiger partial charge in [0.05, 0.1) is 24.8 Å². The van der Waals surface area contributed by atoms with Gasteiger partial charge >= 0.3 is 12.1 Å². The maximum Gasteiger partial charge on any atom is 0.407 e. The zero-order valence-electron chi connectivity index (χ0n) is 18.8. The molecule has 1 atom stereocenters. The highest BCUT2D eigenvalue weighted by atomic mass is 16.6. The van der Waals surface area contributed by atoms with Crippen molar-refractivity contribution in [2.75, 3.05) is 18.9 Å². The Morgan fingerprint density at radius 2 is 2.00 bits per heavy atom. The number of nitrogens with one attached hydrogen (secondary N) is 1. The molecule has 170 valence electrons. The topological polar surface area (TPSA) is 149 Å². The largest absolute Gasteiger partial charge is 0.472 e. The number of nitrogens with zero attached hydrogens (tertiary/aromatic N) is 3. The fourth-order valence-electron chi connectivity index (χ4n) is 2.57. The summed E-state index contributed by atoms with van der Waals surface area (Å²) >= 11 is 0. The van der Waals surface area contributed by atoms with Crippen LogP contribution in [0.1, 0.15) is 50.5 Å². The summed E-state index contributed by atoms with van der Waals surface area (Å²) in [4.78, 5) is 32.9. The number of hydrogen-bond donors (Lipinski definition) is 2. The standard InChI is InChI=1S/C22H27N5O5/c1-6-30-20(28)16-17(24)26-18(15-9-7-8-14(10-15)11-23)27-19(16)31-13(2)12-25-21(29)32-22(3,4)5/h7-10,13H,6,12H2,1-5H3,(H,25,29)(H2,24,26,27). The van der Waals surface area contributed by atoms with Gasteiger partial charge < -0.3 is 25.3 Å². The van der Waals surface area contributed by atoms with Crippen LogP contribution in [0.2, 0.25) is 0 Å². The molecule has 0 bridgehead atoms. The van der Waals surface area contributed by atoms with Crippen molar-refractivity contribution >= 4 is 17.9 Å². The van der Waals surface area contributed by atoms with Crippen molar-refractivity contribution in [1.29, 1.82) is 5.26 Å². The third-order valence-corrected chi connectivity index (χ3v) is 3.88. The van der Waals surface area contributed by atoms with Crippen LogP contribution in [-0.4, -0.2) is 46.9 Å². The van der Waals surface area contributed by atoms with E-state index < -0.39 is 23.8 Å². The molecule has 3 N–H and O–H groups in total. The number of amides is 1. The summed E-state index contributed by atoms with van der Waals surface area (Å²) in [5, 5.41) is 11.7. The van der Waals surface area contributed by atoms with Crippen molar-refractivity contribution in [2.24, 2.45) is 0 Å². The lowest BCUT2D eigenvalue weighted by atomic mass is 10.1. The molecule has 32 heavy (non-hydrogen) atoms. The molecule has 1 unspecified atom stereocenters. The van der Waals surface area contributed by atoms with Crippen molar-refractivity contribution in [3.63, 3.8) is 0 Å². The number of benzene rings is 1. The number of alkyl carbamates (subject to hydrolysis) is 1. The van der Waals surface area contributed by atoms with Crippen LogP contribution in [0.25, 0.3) is 11.4 Å². The molecule has 10 nitrogen and oxygen atoms in total. The van der Waals surface area contributed by atoms with Gasteiger partial charge in [0, 0.05) is 5.56 Å². The number of rotatable bonds is 7. The van der Waals surface area contributed by atoms with Crippen LogP contribution < -0.4 is 15.8 Å². The molecule has 1 heterocycles. The van der Waals surface area contributed by atoms with Crippen molar-refractivity contribution < 1.29 is 23.8 Å². The van der Waals surface area contributed by atoms with Crippen LogP contribution in [0, 0.1) is 11.3 Å². The lowest BCUT2D eigenvalue weighted by molar-refractivity contribution is 0.0485. The fraction of sp³-hybridized carbons (Fsp3) is 0.409. The van der Waals surface area contributed by atoms with Gasteiger partial charge in [-0.2, -0.15) is 10.2 Å². The number of anilines is 1. The molecule has 0 aliphatic rings. The SMILES string of the molecule is CCOC(=O)c1c(N)nc(-c2cccc(C#N)c2)nc1OC(C)CNC(=O)OC(C)(C)C. The van der Waals surface area contributed by atoms with E-state index in [0.717, 1.165) is 0 Å². The molecule has 0 radical (unpaired) electrons. The van der Waals surface area contributed by atoms with Gasteiger partial charge in [-0.25, -0.2) is 14.6 Å². The molecule has 2 aromatic rings. The minimum Gasteiger partial charge on any atom is -0.472 e. The second-order valence-electron chi connectivity index (χ2n) is 7.84. The number of aromatic nitrogens is 2. The van der Waals surface area contributed by atoms with Crippen LogP contribution in [0.4, 0.5) is 10.6 Å². The third-order valence-electron chi connectivity index (χ3n) is 3.88. The zero-order chi connectivity index (χ0) is 23.9. The molecule has 0 aliphatic carbocycles. The Labute approximate surface area is 186 Å². The molecule has 0 saturated heterocycles. The Morgan fingerprint density at radius 3 is 2.62 bits per heavy atom. The number of hydrogen-bond acceptors (Lipinski definition) is 9. The summed E-state index contributed by atoms with van der Waals surface area (Å²) in [6, 6.07) is 8.66. The lowest BCUT2D eigenvalue weighted by Gasteiger charge is -2.21. The van der Waals surface area contributed by atoms with Crippen molar-refractivity contribution in [3.8, 4) is 23.3 Å². The average Bonchev–Trinajstić information content (AvgIpc) is 2.71. The summed E-state index contributed by atoms with van der Waals surface area (Å²) < 4.78 is 16.1. The van der Waals surface area contributed by atoms with E-state index in [1.807, 2.05) is 6.07 Å². The van der Waals surface area contributed by atoms with Crippen LogP contribution in [0.15, 0.2) is 24.3 Å². The summed E-state index contributed by atoms with van der Waals surface area (Å²) in [6.45, 7) is 8.81. The molecule has 1 amide bonds. The highest BCUT2D eigenvalue weighted by molar-refractivity contribution is 5.97. The minimum absolute atomic E-state index is 0.0837. The second kappa shape index (κ2) is 10.4. The van der Waals surface area contributed by atoms with Crippen molar-refractivity contribution in [1.82, 2.24) is 15.3 Å². The fourth-order valence-corrected chi connectivity index (χ4v) is 2.57. The molecule has 0 fully saturated rings. The Hall–Kier alpha value is -3.87. The quantitative estimate of drug-likeness (QED) is 0.618. The van der Waals surface area contributed by atoms with E-state index in [1.165, 1.54) is 0 Å². The maximum atomic E-state index is 12.4.